The molecule has 238 valence electrons. The Morgan fingerprint density at radius 3 is 2.00 bits per heavy atom. The number of aliphatic hydroxyl groups is 2. The molecule has 2 fully saturated rings. The predicted molar refractivity (Wildman–Crippen MR) is 183 cm³/mol. The lowest BCUT2D eigenvalue weighted by atomic mass is 9.83. The quantitative estimate of drug-likeness (QED) is 0.122. The maximum Gasteiger partial charge on any atom is 0.160 e. The molecule has 2 saturated carbocycles. The normalized spacial score (nSPS) is 18.0. The zero-order valence-electron chi connectivity index (χ0n) is 26.4. The van der Waals surface area contributed by atoms with Gasteiger partial charge in [-0.1, -0.05) is 12.1 Å². The molecular formula is C34H42IN7O3. The third-order valence-corrected chi connectivity index (χ3v) is 10.3. The van der Waals surface area contributed by atoms with E-state index in [0.717, 1.165) is 66.9 Å². The SMILES string of the molecule is COCc1nn(C)cc1Nc1nn(CC2CC2)c2cc(C(C)(O)CCC(C)(O)c3ccc4c(I)nn(CC5CC5)c4c3)ccc12. The van der Waals surface area contributed by atoms with Gasteiger partial charge in [-0.05, 0) is 122 Å². The van der Waals surface area contributed by atoms with Crippen LogP contribution < -0.4 is 5.32 Å². The molecule has 2 aromatic carbocycles. The number of methoxy groups -OCH3 is 1. The molecule has 0 radical (unpaired) electrons. The van der Waals surface area contributed by atoms with Gasteiger partial charge in [-0.25, -0.2) is 0 Å². The van der Waals surface area contributed by atoms with Crippen molar-refractivity contribution in [2.24, 2.45) is 18.9 Å². The van der Waals surface area contributed by atoms with E-state index in [9.17, 15) is 10.2 Å². The molecule has 2 unspecified atom stereocenters. The van der Waals surface area contributed by atoms with Gasteiger partial charge in [-0.15, -0.1) is 0 Å². The third kappa shape index (κ3) is 6.36. The summed E-state index contributed by atoms with van der Waals surface area (Å²) in [7, 11) is 3.55. The van der Waals surface area contributed by atoms with Gasteiger partial charge >= 0.3 is 0 Å². The molecule has 0 saturated heterocycles. The van der Waals surface area contributed by atoms with Crippen molar-refractivity contribution in [3.63, 3.8) is 0 Å². The molecule has 0 bridgehead atoms. The van der Waals surface area contributed by atoms with Crippen molar-refractivity contribution < 1.29 is 14.9 Å². The van der Waals surface area contributed by atoms with Gasteiger partial charge in [0.2, 0.25) is 0 Å². The van der Waals surface area contributed by atoms with Crippen molar-refractivity contribution in [1.29, 1.82) is 0 Å². The predicted octanol–water partition coefficient (Wildman–Crippen LogP) is 6.33. The van der Waals surface area contributed by atoms with E-state index in [1.54, 1.807) is 11.8 Å². The highest BCUT2D eigenvalue weighted by Gasteiger charge is 2.32. The van der Waals surface area contributed by atoms with Gasteiger partial charge in [0.05, 0.1) is 34.5 Å². The number of nitrogens with zero attached hydrogens (tertiary/aromatic N) is 6. The first kappa shape index (κ1) is 30.6. The van der Waals surface area contributed by atoms with E-state index in [-0.39, 0.29) is 0 Å². The van der Waals surface area contributed by atoms with E-state index in [0.29, 0.717) is 31.3 Å². The van der Waals surface area contributed by atoms with Crippen LogP contribution in [0.2, 0.25) is 0 Å². The van der Waals surface area contributed by atoms with E-state index in [4.69, 9.17) is 14.9 Å². The van der Waals surface area contributed by atoms with Gasteiger partial charge < -0.3 is 20.3 Å². The molecule has 10 nitrogen and oxygen atoms in total. The van der Waals surface area contributed by atoms with Crippen LogP contribution >= 0.6 is 22.6 Å². The Hall–Kier alpha value is -3.00. The van der Waals surface area contributed by atoms with Crippen molar-refractivity contribution in [2.75, 3.05) is 12.4 Å². The molecule has 2 atom stereocenters. The number of rotatable bonds is 13. The average molecular weight is 724 g/mol. The highest BCUT2D eigenvalue weighted by molar-refractivity contribution is 14.1. The minimum Gasteiger partial charge on any atom is -0.385 e. The number of hydrogen-bond acceptors (Lipinski definition) is 7. The number of aryl methyl sites for hydroxylation is 1. The number of hydrogen-bond donors (Lipinski definition) is 3. The Balaban J connectivity index is 1.14. The second-order valence-electron chi connectivity index (χ2n) is 13.6. The Labute approximate surface area is 276 Å². The summed E-state index contributed by atoms with van der Waals surface area (Å²) in [6.07, 6.45) is 7.66. The second kappa shape index (κ2) is 11.7. The van der Waals surface area contributed by atoms with Gasteiger partial charge in [0, 0.05) is 44.2 Å². The summed E-state index contributed by atoms with van der Waals surface area (Å²) in [6.45, 7) is 5.85. The third-order valence-electron chi connectivity index (χ3n) is 9.50. The lowest BCUT2D eigenvalue weighted by Crippen LogP contribution is -2.28. The summed E-state index contributed by atoms with van der Waals surface area (Å²) in [5.74, 6) is 2.09. The van der Waals surface area contributed by atoms with Gasteiger partial charge in [0.1, 0.15) is 9.39 Å². The number of ether oxygens (including phenoxy) is 1. The molecule has 3 aromatic heterocycles. The molecule has 3 N–H and O–H groups in total. The van der Waals surface area contributed by atoms with Crippen LogP contribution in [0.3, 0.4) is 0 Å². The fourth-order valence-corrected chi connectivity index (χ4v) is 6.94. The summed E-state index contributed by atoms with van der Waals surface area (Å²) in [5.41, 5.74) is 3.11. The standard InChI is InChI=1S/C34H42IN7O3/c1-33(43,23-9-11-25-29(15-23)41(38-31(25)35)17-21-5-6-21)13-14-34(2,44)24-10-12-26-30(16-24)42(18-22-7-8-22)39-32(26)36-27-19-40(3)37-28(27)20-45-4/h9-12,15-16,19,21-22,43-44H,5-8,13-14,17-18,20H2,1-4H3,(H,36,39). The first-order chi connectivity index (χ1) is 21.5. The average Bonchev–Trinajstić information content (AvgIpc) is 3.92. The maximum absolute atomic E-state index is 11.8. The van der Waals surface area contributed by atoms with E-state index >= 15 is 0 Å². The maximum atomic E-state index is 11.8. The summed E-state index contributed by atoms with van der Waals surface area (Å²) in [5, 5.41) is 43.4. The minimum absolute atomic E-state index is 0.389. The van der Waals surface area contributed by atoms with Gasteiger partial charge in [-0.2, -0.15) is 15.3 Å². The van der Waals surface area contributed by atoms with Gasteiger partial charge in [0.25, 0.3) is 0 Å². The Kier molecular flexibility index (Phi) is 7.94. The Morgan fingerprint density at radius 1 is 0.867 bits per heavy atom. The van der Waals surface area contributed by atoms with Gasteiger partial charge in [-0.3, -0.25) is 14.0 Å². The zero-order chi connectivity index (χ0) is 31.5. The van der Waals surface area contributed by atoms with Crippen LogP contribution in [0.1, 0.15) is 69.2 Å². The molecular weight excluding hydrogens is 681 g/mol. The number of halogens is 1. The highest BCUT2D eigenvalue weighted by Crippen LogP contribution is 2.39. The monoisotopic (exact) mass is 723 g/mol. The number of anilines is 2. The van der Waals surface area contributed by atoms with Crippen LogP contribution in [0.15, 0.2) is 42.6 Å². The first-order valence-corrected chi connectivity index (χ1v) is 17.0. The fraction of sp³-hybridized carbons (Fsp3) is 0.500. The molecule has 45 heavy (non-hydrogen) atoms. The summed E-state index contributed by atoms with van der Waals surface area (Å²) < 4.78 is 12.3. The molecule has 2 aliphatic carbocycles. The number of benzene rings is 2. The lowest BCUT2D eigenvalue weighted by Gasteiger charge is -2.30. The van der Waals surface area contributed by atoms with Crippen molar-refractivity contribution in [1.82, 2.24) is 29.3 Å². The fourth-order valence-electron chi connectivity index (χ4n) is 6.22. The topological polar surface area (TPSA) is 115 Å². The molecule has 11 heteroatoms. The van der Waals surface area contributed by atoms with E-state index in [1.165, 1.54) is 25.7 Å². The van der Waals surface area contributed by atoms with Crippen LogP contribution in [0, 0.1) is 15.5 Å². The van der Waals surface area contributed by atoms with E-state index in [1.807, 2.05) is 45.3 Å². The molecule has 0 aliphatic heterocycles. The largest absolute Gasteiger partial charge is 0.385 e. The number of fused-ring (bicyclic) bond motifs is 2. The molecule has 5 aromatic rings. The van der Waals surface area contributed by atoms with Crippen LogP contribution in [0.4, 0.5) is 11.5 Å². The van der Waals surface area contributed by atoms with Crippen LogP contribution in [0.25, 0.3) is 21.8 Å². The van der Waals surface area contributed by atoms with Crippen LogP contribution in [-0.4, -0.2) is 46.7 Å². The molecule has 3 heterocycles. The number of aromatic nitrogens is 6. The summed E-state index contributed by atoms with van der Waals surface area (Å²) in [6, 6.07) is 12.2. The van der Waals surface area contributed by atoms with Crippen molar-refractivity contribution in [3.05, 3.63) is 63.1 Å². The van der Waals surface area contributed by atoms with E-state index < -0.39 is 11.2 Å². The molecule has 7 rings (SSSR count). The molecule has 0 amide bonds. The van der Waals surface area contributed by atoms with Crippen molar-refractivity contribution in [3.8, 4) is 0 Å². The summed E-state index contributed by atoms with van der Waals surface area (Å²) >= 11 is 2.30. The van der Waals surface area contributed by atoms with Crippen LogP contribution in [0.5, 0.6) is 0 Å². The summed E-state index contributed by atoms with van der Waals surface area (Å²) in [4.78, 5) is 0. The molecule has 2 aliphatic rings. The first-order valence-electron chi connectivity index (χ1n) is 15.9. The zero-order valence-corrected chi connectivity index (χ0v) is 28.6. The van der Waals surface area contributed by atoms with Crippen molar-refractivity contribution >= 4 is 55.9 Å². The second-order valence-corrected chi connectivity index (χ2v) is 14.6. The molecule has 0 spiro atoms. The van der Waals surface area contributed by atoms with Crippen LogP contribution in [-0.2, 0) is 42.7 Å². The van der Waals surface area contributed by atoms with Crippen molar-refractivity contribution in [2.45, 2.75) is 83.3 Å². The Morgan fingerprint density at radius 2 is 1.42 bits per heavy atom. The highest BCUT2D eigenvalue weighted by atomic mass is 127. The van der Waals surface area contributed by atoms with E-state index in [2.05, 4.69) is 60.6 Å². The lowest BCUT2D eigenvalue weighted by molar-refractivity contribution is -0.00764. The number of nitrogens with one attached hydrogen (secondary N) is 1. The minimum atomic E-state index is -1.15. The van der Waals surface area contributed by atoms with Gasteiger partial charge in [0.15, 0.2) is 5.82 Å². The smallest absolute Gasteiger partial charge is 0.160 e. The Bertz CT molecular complexity index is 1860.